The van der Waals surface area contributed by atoms with E-state index in [2.05, 4.69) is 60.1 Å². The smallest absolute Gasteiger partial charge is 0.0128 e. The lowest BCUT2D eigenvalue weighted by molar-refractivity contribution is 0.403. The summed E-state index contributed by atoms with van der Waals surface area (Å²) in [6, 6.07) is 11.1. The molecule has 0 spiro atoms. The summed E-state index contributed by atoms with van der Waals surface area (Å²) in [7, 11) is 0. The highest BCUT2D eigenvalue weighted by Gasteiger charge is 2.28. The maximum absolute atomic E-state index is 3.78. The number of alkyl halides is 1. The zero-order valence-corrected chi connectivity index (χ0v) is 15.6. The molecule has 0 saturated heterocycles. The number of hydrogen-bond acceptors (Lipinski definition) is 0. The summed E-state index contributed by atoms with van der Waals surface area (Å²) in [4.78, 5) is 0. The van der Waals surface area contributed by atoms with Crippen LogP contribution in [0, 0.1) is 0 Å². The number of rotatable bonds is 12. The zero-order chi connectivity index (χ0) is 15.4. The number of hydrogen-bond donors (Lipinski definition) is 0. The van der Waals surface area contributed by atoms with E-state index in [1.807, 2.05) is 0 Å². The second kappa shape index (κ2) is 11.3. The Morgan fingerprint density at radius 3 is 1.90 bits per heavy atom. The summed E-state index contributed by atoms with van der Waals surface area (Å²) in [6.07, 6.45) is 13.8. The van der Waals surface area contributed by atoms with Gasteiger partial charge in [0.1, 0.15) is 0 Å². The molecule has 120 valence electrons. The molecule has 0 amide bonds. The summed E-state index contributed by atoms with van der Waals surface area (Å²) in [5.41, 5.74) is 1.84. The van der Waals surface area contributed by atoms with E-state index in [9.17, 15) is 0 Å². The third kappa shape index (κ3) is 6.55. The Morgan fingerprint density at radius 2 is 1.38 bits per heavy atom. The van der Waals surface area contributed by atoms with Crippen molar-refractivity contribution < 1.29 is 0 Å². The van der Waals surface area contributed by atoms with E-state index < -0.39 is 0 Å². The Hall–Kier alpha value is -0.300. The summed E-state index contributed by atoms with van der Waals surface area (Å²) >= 11 is 3.78. The second-order valence-electron chi connectivity index (χ2n) is 6.36. The van der Waals surface area contributed by atoms with Gasteiger partial charge in [0.05, 0.1) is 0 Å². The molecule has 21 heavy (non-hydrogen) atoms. The molecule has 0 aliphatic rings. The Bertz CT molecular complexity index is 340. The minimum atomic E-state index is 0.337. The van der Waals surface area contributed by atoms with E-state index in [-0.39, 0.29) is 0 Å². The molecule has 0 aliphatic heterocycles. The van der Waals surface area contributed by atoms with Crippen LogP contribution in [0.5, 0.6) is 0 Å². The molecule has 0 radical (unpaired) electrons. The van der Waals surface area contributed by atoms with E-state index in [0.29, 0.717) is 5.41 Å². The molecular weight excluding hydrogens is 320 g/mol. The molecular formula is C20H33Br. The van der Waals surface area contributed by atoms with Crippen LogP contribution in [0.2, 0.25) is 0 Å². The molecule has 1 aromatic carbocycles. The van der Waals surface area contributed by atoms with Crippen LogP contribution in [0.25, 0.3) is 0 Å². The Balaban J connectivity index is 2.32. The average molecular weight is 353 g/mol. The summed E-state index contributed by atoms with van der Waals surface area (Å²) in [5, 5.41) is 1.08. The van der Waals surface area contributed by atoms with Crippen LogP contribution in [0.1, 0.15) is 83.6 Å². The van der Waals surface area contributed by atoms with Gasteiger partial charge in [-0.05, 0) is 18.4 Å². The highest BCUT2D eigenvalue weighted by atomic mass is 79.9. The largest absolute Gasteiger partial charge is 0.0918 e. The molecule has 0 aromatic heterocycles. The van der Waals surface area contributed by atoms with Gasteiger partial charge in [-0.15, -0.1) is 0 Å². The summed E-state index contributed by atoms with van der Waals surface area (Å²) < 4.78 is 0. The maximum Gasteiger partial charge on any atom is 0.0128 e. The van der Waals surface area contributed by atoms with Crippen molar-refractivity contribution in [2.75, 3.05) is 5.33 Å². The molecule has 1 unspecified atom stereocenters. The van der Waals surface area contributed by atoms with Crippen LogP contribution in [0.3, 0.4) is 0 Å². The van der Waals surface area contributed by atoms with E-state index in [0.717, 1.165) is 5.33 Å². The number of unbranched alkanes of at least 4 members (excludes halogenated alkanes) is 7. The fourth-order valence-electron chi connectivity index (χ4n) is 3.15. The molecule has 0 saturated carbocycles. The second-order valence-corrected chi connectivity index (χ2v) is 6.92. The quantitative estimate of drug-likeness (QED) is 0.274. The average Bonchev–Trinajstić information content (AvgIpc) is 2.55. The first kappa shape index (κ1) is 18.7. The Labute approximate surface area is 140 Å². The lowest BCUT2D eigenvalue weighted by Crippen LogP contribution is -2.27. The van der Waals surface area contributed by atoms with E-state index in [4.69, 9.17) is 0 Å². The first-order chi connectivity index (χ1) is 10.3. The van der Waals surface area contributed by atoms with Crippen LogP contribution < -0.4 is 0 Å². The van der Waals surface area contributed by atoms with Gasteiger partial charge in [0.15, 0.2) is 0 Å². The number of benzene rings is 1. The van der Waals surface area contributed by atoms with Crippen LogP contribution in [-0.2, 0) is 5.41 Å². The van der Waals surface area contributed by atoms with Crippen molar-refractivity contribution in [2.45, 2.75) is 83.5 Å². The first-order valence-electron chi connectivity index (χ1n) is 8.90. The standard InChI is InChI=1S/C20H33Br/c1-3-5-6-7-8-9-10-14-17-20(4-2,18-21)19-15-12-11-13-16-19/h11-13,15-16H,3-10,14,17-18H2,1-2H3. The van der Waals surface area contributed by atoms with E-state index >= 15 is 0 Å². The highest BCUT2D eigenvalue weighted by Crippen LogP contribution is 2.35. The van der Waals surface area contributed by atoms with E-state index in [1.54, 1.807) is 0 Å². The van der Waals surface area contributed by atoms with Crippen LogP contribution in [-0.4, -0.2) is 5.33 Å². The SMILES string of the molecule is CCCCCCCCCCC(CC)(CBr)c1ccccc1. The molecule has 1 heteroatoms. The zero-order valence-electron chi connectivity index (χ0n) is 14.0. The molecule has 0 fully saturated rings. The lowest BCUT2D eigenvalue weighted by Gasteiger charge is -2.31. The molecule has 1 aromatic rings. The first-order valence-corrected chi connectivity index (χ1v) is 10.0. The van der Waals surface area contributed by atoms with Gasteiger partial charge in [0, 0.05) is 10.7 Å². The molecule has 0 aliphatic carbocycles. The van der Waals surface area contributed by atoms with Gasteiger partial charge in [-0.1, -0.05) is 111 Å². The van der Waals surface area contributed by atoms with Crippen molar-refractivity contribution in [3.05, 3.63) is 35.9 Å². The molecule has 1 rings (SSSR count). The normalized spacial score (nSPS) is 14.0. The predicted octanol–water partition coefficient (Wildman–Crippen LogP) is 7.26. The van der Waals surface area contributed by atoms with Crippen LogP contribution in [0.4, 0.5) is 0 Å². The van der Waals surface area contributed by atoms with Crippen LogP contribution in [0.15, 0.2) is 30.3 Å². The van der Waals surface area contributed by atoms with Crippen molar-refractivity contribution in [2.24, 2.45) is 0 Å². The highest BCUT2D eigenvalue weighted by molar-refractivity contribution is 9.09. The number of halogens is 1. The van der Waals surface area contributed by atoms with Crippen LogP contribution >= 0.6 is 15.9 Å². The fraction of sp³-hybridized carbons (Fsp3) is 0.700. The van der Waals surface area contributed by atoms with Crippen molar-refractivity contribution in [1.29, 1.82) is 0 Å². The molecule has 0 nitrogen and oxygen atoms in total. The van der Waals surface area contributed by atoms with Gasteiger partial charge in [0.2, 0.25) is 0 Å². The third-order valence-corrected chi connectivity index (χ3v) is 5.90. The van der Waals surface area contributed by atoms with Gasteiger partial charge < -0.3 is 0 Å². The Morgan fingerprint density at radius 1 is 0.810 bits per heavy atom. The van der Waals surface area contributed by atoms with Gasteiger partial charge in [-0.3, -0.25) is 0 Å². The van der Waals surface area contributed by atoms with Gasteiger partial charge >= 0.3 is 0 Å². The van der Waals surface area contributed by atoms with E-state index in [1.165, 1.54) is 69.8 Å². The topological polar surface area (TPSA) is 0 Å². The van der Waals surface area contributed by atoms with Gasteiger partial charge in [-0.2, -0.15) is 0 Å². The monoisotopic (exact) mass is 352 g/mol. The minimum absolute atomic E-state index is 0.337. The summed E-state index contributed by atoms with van der Waals surface area (Å²) in [5.74, 6) is 0. The van der Waals surface area contributed by atoms with Gasteiger partial charge in [0.25, 0.3) is 0 Å². The van der Waals surface area contributed by atoms with Crippen molar-refractivity contribution in [3.63, 3.8) is 0 Å². The molecule has 0 heterocycles. The fourth-order valence-corrected chi connectivity index (χ4v) is 4.15. The third-order valence-electron chi connectivity index (χ3n) is 4.83. The lowest BCUT2D eigenvalue weighted by atomic mass is 9.76. The summed E-state index contributed by atoms with van der Waals surface area (Å²) in [6.45, 7) is 4.62. The predicted molar refractivity (Wildman–Crippen MR) is 99.4 cm³/mol. The maximum atomic E-state index is 3.78. The minimum Gasteiger partial charge on any atom is -0.0918 e. The Kier molecular flexibility index (Phi) is 10.1. The molecule has 0 N–H and O–H groups in total. The molecule has 0 bridgehead atoms. The van der Waals surface area contributed by atoms with Crippen molar-refractivity contribution in [3.8, 4) is 0 Å². The van der Waals surface area contributed by atoms with Crippen molar-refractivity contribution >= 4 is 15.9 Å². The van der Waals surface area contributed by atoms with Gasteiger partial charge in [-0.25, -0.2) is 0 Å². The molecule has 1 atom stereocenters. The van der Waals surface area contributed by atoms with Crippen molar-refractivity contribution in [1.82, 2.24) is 0 Å².